The second kappa shape index (κ2) is 11.7. The first-order chi connectivity index (χ1) is 19.9. The zero-order valence-electron chi connectivity index (χ0n) is 23.1. The maximum atomic E-state index is 14.2. The molecule has 1 aromatic heterocycles. The molecule has 0 fully saturated rings. The van der Waals surface area contributed by atoms with Crippen LogP contribution in [0.25, 0.3) is 16.8 Å². The Hall–Kier alpha value is -4.81. The molecule has 4 aromatic rings. The summed E-state index contributed by atoms with van der Waals surface area (Å²) in [6.07, 6.45) is 7.25. The van der Waals surface area contributed by atoms with Gasteiger partial charge in [-0.15, -0.1) is 6.42 Å². The third-order valence-electron chi connectivity index (χ3n) is 6.77. The van der Waals surface area contributed by atoms with Crippen molar-refractivity contribution in [1.29, 1.82) is 0 Å². The zero-order valence-corrected chi connectivity index (χ0v) is 23.9. The zero-order chi connectivity index (χ0) is 29.1. The molecule has 1 aliphatic rings. The van der Waals surface area contributed by atoms with E-state index in [4.69, 9.17) is 25.4 Å². The van der Waals surface area contributed by atoms with E-state index >= 15 is 0 Å². The van der Waals surface area contributed by atoms with E-state index in [9.17, 15) is 9.59 Å². The van der Waals surface area contributed by atoms with Gasteiger partial charge in [-0.25, -0.2) is 9.79 Å². The van der Waals surface area contributed by atoms with Gasteiger partial charge < -0.3 is 18.9 Å². The van der Waals surface area contributed by atoms with Crippen LogP contribution < -0.4 is 29.1 Å². The molecule has 41 heavy (non-hydrogen) atoms. The predicted molar refractivity (Wildman–Crippen MR) is 158 cm³/mol. The molecule has 0 unspecified atom stereocenters. The third-order valence-corrected chi connectivity index (χ3v) is 7.75. The minimum atomic E-state index is -0.859. The Morgan fingerprint density at radius 2 is 1.90 bits per heavy atom. The van der Waals surface area contributed by atoms with E-state index in [2.05, 4.69) is 10.9 Å². The molecular weight excluding hydrogens is 540 g/mol. The van der Waals surface area contributed by atoms with Gasteiger partial charge >= 0.3 is 5.97 Å². The molecule has 0 radical (unpaired) electrons. The fourth-order valence-electron chi connectivity index (χ4n) is 4.94. The Morgan fingerprint density at radius 3 is 2.63 bits per heavy atom. The number of carbonyl (C=O) groups is 1. The second-order valence-corrected chi connectivity index (χ2v) is 10.1. The number of carbonyl (C=O) groups excluding carboxylic acids is 1. The van der Waals surface area contributed by atoms with E-state index in [0.29, 0.717) is 37.8 Å². The first-order valence-electron chi connectivity index (χ1n) is 12.9. The molecule has 1 aliphatic heterocycles. The summed E-state index contributed by atoms with van der Waals surface area (Å²) in [5, 5.41) is 1.89. The molecule has 0 spiro atoms. The van der Waals surface area contributed by atoms with E-state index in [0.717, 1.165) is 16.3 Å². The summed E-state index contributed by atoms with van der Waals surface area (Å²) in [5.41, 5.74) is 1.67. The van der Waals surface area contributed by atoms with Crippen LogP contribution in [0.4, 0.5) is 0 Å². The highest BCUT2D eigenvalue weighted by atomic mass is 32.1. The molecule has 9 heteroatoms. The molecule has 8 nitrogen and oxygen atoms in total. The van der Waals surface area contributed by atoms with Crippen molar-refractivity contribution >= 4 is 34.2 Å². The molecule has 0 amide bonds. The Labute approximate surface area is 240 Å². The van der Waals surface area contributed by atoms with Gasteiger partial charge in [0, 0.05) is 11.1 Å². The summed E-state index contributed by atoms with van der Waals surface area (Å²) in [6.45, 7) is 3.72. The normalized spacial score (nSPS) is 14.7. The smallest absolute Gasteiger partial charge is 0.338 e. The number of aromatic nitrogens is 1. The number of terminal acetylenes is 1. The van der Waals surface area contributed by atoms with Gasteiger partial charge in [-0.2, -0.15) is 0 Å². The monoisotopic (exact) mass is 568 g/mol. The molecule has 0 N–H and O–H groups in total. The Balaban J connectivity index is 1.81. The van der Waals surface area contributed by atoms with Gasteiger partial charge in [-0.1, -0.05) is 47.6 Å². The molecule has 0 saturated carbocycles. The van der Waals surface area contributed by atoms with Gasteiger partial charge in [-0.3, -0.25) is 9.36 Å². The summed E-state index contributed by atoms with van der Waals surface area (Å²) < 4.78 is 24.3. The van der Waals surface area contributed by atoms with Crippen molar-refractivity contribution in [3.63, 3.8) is 0 Å². The number of esters is 1. The van der Waals surface area contributed by atoms with Crippen molar-refractivity contribution < 1.29 is 23.7 Å². The first-order valence-corrected chi connectivity index (χ1v) is 13.7. The van der Waals surface area contributed by atoms with Crippen molar-refractivity contribution in [1.82, 2.24) is 4.57 Å². The lowest BCUT2D eigenvalue weighted by Crippen LogP contribution is -2.40. The van der Waals surface area contributed by atoms with E-state index in [1.54, 1.807) is 45.2 Å². The molecule has 3 aromatic carbocycles. The molecule has 0 saturated heterocycles. The SMILES string of the molecule is C#CCOc1ccc2ccccc2c1/C=c1/sc2n(c1=O)[C@@H](c1cc(OC)ccc1OC)C(C(=O)OCC)=C(C)N=2. The highest BCUT2D eigenvalue weighted by Gasteiger charge is 2.35. The number of thiazole rings is 1. The van der Waals surface area contributed by atoms with Gasteiger partial charge in [-0.05, 0) is 55.0 Å². The number of rotatable bonds is 8. The molecule has 1 atom stereocenters. The maximum absolute atomic E-state index is 14.2. The van der Waals surface area contributed by atoms with Crippen LogP contribution in [0.1, 0.15) is 31.0 Å². The van der Waals surface area contributed by atoms with Crippen LogP contribution in [0.15, 0.2) is 75.7 Å². The van der Waals surface area contributed by atoms with Crippen LogP contribution in [0.5, 0.6) is 17.2 Å². The molecular formula is C32H28N2O6S. The number of allylic oxidation sites excluding steroid dienone is 1. The van der Waals surface area contributed by atoms with Gasteiger partial charge in [0.1, 0.15) is 29.9 Å². The van der Waals surface area contributed by atoms with Crippen LogP contribution in [0.2, 0.25) is 0 Å². The van der Waals surface area contributed by atoms with Crippen molar-refractivity contribution in [2.24, 2.45) is 4.99 Å². The van der Waals surface area contributed by atoms with Crippen molar-refractivity contribution in [3.8, 4) is 29.6 Å². The average Bonchev–Trinajstić information content (AvgIpc) is 3.29. The summed E-state index contributed by atoms with van der Waals surface area (Å²) in [5.74, 6) is 3.53. The Bertz CT molecular complexity index is 1910. The lowest BCUT2D eigenvalue weighted by atomic mass is 9.94. The van der Waals surface area contributed by atoms with Gasteiger partial charge in [0.05, 0.1) is 36.6 Å². The number of nitrogens with zero attached hydrogens (tertiary/aromatic N) is 2. The highest BCUT2D eigenvalue weighted by Crippen LogP contribution is 2.38. The summed E-state index contributed by atoms with van der Waals surface area (Å²) in [6, 6.07) is 16.0. The van der Waals surface area contributed by atoms with Gasteiger partial charge in [0.15, 0.2) is 4.80 Å². The molecule has 0 bridgehead atoms. The molecule has 208 valence electrons. The summed E-state index contributed by atoms with van der Waals surface area (Å²) in [7, 11) is 3.09. The van der Waals surface area contributed by atoms with E-state index in [-0.39, 0.29) is 24.3 Å². The first kappa shape index (κ1) is 27.7. The van der Waals surface area contributed by atoms with E-state index in [1.165, 1.54) is 23.0 Å². The van der Waals surface area contributed by atoms with Crippen molar-refractivity contribution in [2.75, 3.05) is 27.4 Å². The molecule has 0 aliphatic carbocycles. The minimum Gasteiger partial charge on any atom is -0.497 e. The average molecular weight is 569 g/mol. The molecule has 2 heterocycles. The fourth-order valence-corrected chi connectivity index (χ4v) is 5.97. The van der Waals surface area contributed by atoms with Crippen molar-refractivity contribution in [3.05, 3.63) is 96.7 Å². The summed E-state index contributed by atoms with van der Waals surface area (Å²) >= 11 is 1.22. The Kier molecular flexibility index (Phi) is 7.95. The number of methoxy groups -OCH3 is 2. The van der Waals surface area contributed by atoms with Gasteiger partial charge in [0.25, 0.3) is 5.56 Å². The third kappa shape index (κ3) is 5.10. The Morgan fingerprint density at radius 1 is 1.12 bits per heavy atom. The number of ether oxygens (including phenoxy) is 4. The minimum absolute atomic E-state index is 0.0815. The van der Waals surface area contributed by atoms with E-state index < -0.39 is 12.0 Å². The predicted octanol–water partition coefficient (Wildman–Crippen LogP) is 3.98. The highest BCUT2D eigenvalue weighted by molar-refractivity contribution is 7.07. The lowest BCUT2D eigenvalue weighted by Gasteiger charge is -2.26. The van der Waals surface area contributed by atoms with Crippen LogP contribution in [-0.4, -0.2) is 38.0 Å². The van der Waals surface area contributed by atoms with E-state index in [1.807, 2.05) is 36.4 Å². The number of hydrogen-bond donors (Lipinski definition) is 0. The number of fused-ring (bicyclic) bond motifs is 2. The largest absolute Gasteiger partial charge is 0.497 e. The van der Waals surface area contributed by atoms with Crippen LogP contribution in [0.3, 0.4) is 0 Å². The maximum Gasteiger partial charge on any atom is 0.338 e. The fraction of sp³-hybridized carbons (Fsp3) is 0.219. The lowest BCUT2D eigenvalue weighted by molar-refractivity contribution is -0.139. The molecule has 5 rings (SSSR count). The standard InChI is InChI=1S/C32H28N2O6S/c1-6-16-40-26-14-12-20-10-8-9-11-22(20)23(26)18-27-30(35)34-29(24-17-21(37-4)13-15-25(24)38-5)28(31(36)39-7-2)19(3)33-32(34)41-27/h1,8-15,17-18,29H,7,16H2,2-5H3/b27-18+/t29-/m0/s1. The topological polar surface area (TPSA) is 88.3 Å². The van der Waals surface area contributed by atoms with Crippen molar-refractivity contribution in [2.45, 2.75) is 19.9 Å². The van der Waals surface area contributed by atoms with Crippen LogP contribution in [0, 0.1) is 12.3 Å². The number of hydrogen-bond acceptors (Lipinski definition) is 8. The summed E-state index contributed by atoms with van der Waals surface area (Å²) in [4.78, 5) is 32.6. The quantitative estimate of drug-likeness (QED) is 0.236. The number of benzene rings is 3. The van der Waals surface area contributed by atoms with Gasteiger partial charge in [0.2, 0.25) is 0 Å². The van der Waals surface area contributed by atoms with Crippen LogP contribution >= 0.6 is 11.3 Å². The van der Waals surface area contributed by atoms with Crippen LogP contribution in [-0.2, 0) is 9.53 Å². The second-order valence-electron chi connectivity index (χ2n) is 9.10.